The summed E-state index contributed by atoms with van der Waals surface area (Å²) in [5, 5.41) is 3.06. The van der Waals surface area contributed by atoms with Crippen LogP contribution in [-0.4, -0.2) is 18.4 Å². The fraction of sp³-hybridized carbons (Fsp3) is 0.250. The minimum atomic E-state index is -0.157. The lowest BCUT2D eigenvalue weighted by molar-refractivity contribution is 0.0953. The highest BCUT2D eigenvalue weighted by Gasteiger charge is 2.12. The Labute approximate surface area is 84.6 Å². The first-order chi connectivity index (χ1) is 6.75. The number of hydrogen-bond donors (Lipinski definition) is 1. The van der Waals surface area contributed by atoms with Crippen LogP contribution in [0.2, 0.25) is 0 Å². The Morgan fingerprint density at radius 3 is 2.71 bits per heavy atom. The highest BCUT2D eigenvalue weighted by Crippen LogP contribution is 2.02. The molecule has 1 aromatic rings. The third-order valence-corrected chi connectivity index (χ3v) is 2.02. The van der Waals surface area contributed by atoms with Crippen LogP contribution in [0.5, 0.6) is 0 Å². The van der Waals surface area contributed by atoms with E-state index >= 15 is 0 Å². The van der Waals surface area contributed by atoms with Crippen LogP contribution < -0.4 is 5.32 Å². The molecule has 0 amide bonds. The minimum Gasteiger partial charge on any atom is -0.304 e. The molecule has 1 N–H and O–H groups in total. The van der Waals surface area contributed by atoms with Crippen LogP contribution in [0.4, 0.5) is 0 Å². The van der Waals surface area contributed by atoms with Crippen LogP contribution in [0.15, 0.2) is 43.0 Å². The van der Waals surface area contributed by atoms with Gasteiger partial charge in [-0.1, -0.05) is 36.4 Å². The van der Waals surface area contributed by atoms with Gasteiger partial charge in [-0.3, -0.25) is 4.79 Å². The standard InChI is InChI=1S/C12H15NO/c1-3-9-13-10(2)12(14)11-7-5-4-6-8-11/h3-8,10,13H,1,9H2,2H3. The van der Waals surface area contributed by atoms with Crippen LogP contribution in [0.25, 0.3) is 0 Å². The molecule has 0 aliphatic heterocycles. The smallest absolute Gasteiger partial charge is 0.179 e. The van der Waals surface area contributed by atoms with Crippen molar-refractivity contribution < 1.29 is 4.79 Å². The molecular formula is C12H15NO. The van der Waals surface area contributed by atoms with E-state index in [0.29, 0.717) is 6.54 Å². The minimum absolute atomic E-state index is 0.118. The Morgan fingerprint density at radius 1 is 1.50 bits per heavy atom. The van der Waals surface area contributed by atoms with Crippen LogP contribution in [0.3, 0.4) is 0 Å². The predicted molar refractivity (Wildman–Crippen MR) is 58.4 cm³/mol. The maximum atomic E-state index is 11.8. The number of benzene rings is 1. The third kappa shape index (κ3) is 2.82. The molecule has 0 bridgehead atoms. The summed E-state index contributed by atoms with van der Waals surface area (Å²) >= 11 is 0. The molecule has 0 aromatic heterocycles. The molecule has 2 heteroatoms. The molecule has 1 atom stereocenters. The Hall–Kier alpha value is -1.41. The van der Waals surface area contributed by atoms with Gasteiger partial charge in [-0.2, -0.15) is 0 Å². The monoisotopic (exact) mass is 189 g/mol. The summed E-state index contributed by atoms with van der Waals surface area (Å²) in [5.41, 5.74) is 0.747. The van der Waals surface area contributed by atoms with E-state index in [-0.39, 0.29) is 11.8 Å². The van der Waals surface area contributed by atoms with Gasteiger partial charge >= 0.3 is 0 Å². The lowest BCUT2D eigenvalue weighted by atomic mass is 10.1. The number of carbonyl (C=O) groups is 1. The zero-order valence-electron chi connectivity index (χ0n) is 8.36. The number of nitrogens with one attached hydrogen (secondary N) is 1. The average Bonchev–Trinajstić information content (AvgIpc) is 2.26. The maximum Gasteiger partial charge on any atom is 0.179 e. The zero-order chi connectivity index (χ0) is 10.4. The Morgan fingerprint density at radius 2 is 2.14 bits per heavy atom. The zero-order valence-corrected chi connectivity index (χ0v) is 8.36. The molecule has 0 saturated heterocycles. The molecule has 0 heterocycles. The largest absolute Gasteiger partial charge is 0.304 e. The van der Waals surface area contributed by atoms with Crippen molar-refractivity contribution in [3.63, 3.8) is 0 Å². The lowest BCUT2D eigenvalue weighted by Crippen LogP contribution is -2.33. The second-order valence-corrected chi connectivity index (χ2v) is 3.15. The fourth-order valence-corrected chi connectivity index (χ4v) is 1.21. The van der Waals surface area contributed by atoms with E-state index < -0.39 is 0 Å². The van der Waals surface area contributed by atoms with E-state index in [2.05, 4.69) is 11.9 Å². The molecule has 1 aromatic carbocycles. The van der Waals surface area contributed by atoms with E-state index in [9.17, 15) is 4.79 Å². The number of Topliss-reactive ketones (excluding diaryl/α,β-unsaturated/α-hetero) is 1. The Balaban J connectivity index is 2.61. The van der Waals surface area contributed by atoms with Crippen molar-refractivity contribution in [2.75, 3.05) is 6.54 Å². The summed E-state index contributed by atoms with van der Waals surface area (Å²) in [6.07, 6.45) is 1.74. The van der Waals surface area contributed by atoms with Gasteiger partial charge in [0.2, 0.25) is 0 Å². The summed E-state index contributed by atoms with van der Waals surface area (Å²) in [6, 6.07) is 9.14. The summed E-state index contributed by atoms with van der Waals surface area (Å²) in [5.74, 6) is 0.118. The summed E-state index contributed by atoms with van der Waals surface area (Å²) in [7, 11) is 0. The molecule has 0 saturated carbocycles. The van der Waals surface area contributed by atoms with E-state index in [1.54, 1.807) is 6.08 Å². The first-order valence-corrected chi connectivity index (χ1v) is 4.69. The summed E-state index contributed by atoms with van der Waals surface area (Å²) < 4.78 is 0. The Bertz CT molecular complexity index is 305. The van der Waals surface area contributed by atoms with Crippen molar-refractivity contribution in [1.29, 1.82) is 0 Å². The molecule has 0 aliphatic carbocycles. The van der Waals surface area contributed by atoms with Crippen molar-refractivity contribution >= 4 is 5.78 Å². The molecule has 74 valence electrons. The van der Waals surface area contributed by atoms with E-state index in [1.807, 2.05) is 37.3 Å². The van der Waals surface area contributed by atoms with Gasteiger partial charge in [-0.15, -0.1) is 6.58 Å². The van der Waals surface area contributed by atoms with Gasteiger partial charge in [0.15, 0.2) is 5.78 Å². The number of ketones is 1. The molecule has 14 heavy (non-hydrogen) atoms. The van der Waals surface area contributed by atoms with Gasteiger partial charge in [-0.05, 0) is 6.92 Å². The van der Waals surface area contributed by atoms with Gasteiger partial charge in [-0.25, -0.2) is 0 Å². The molecular weight excluding hydrogens is 174 g/mol. The second kappa shape index (κ2) is 5.35. The van der Waals surface area contributed by atoms with E-state index in [1.165, 1.54) is 0 Å². The van der Waals surface area contributed by atoms with Crippen molar-refractivity contribution in [2.24, 2.45) is 0 Å². The topological polar surface area (TPSA) is 29.1 Å². The molecule has 0 aliphatic rings. The van der Waals surface area contributed by atoms with Crippen molar-refractivity contribution in [1.82, 2.24) is 5.32 Å². The Kier molecular flexibility index (Phi) is 4.08. The van der Waals surface area contributed by atoms with Crippen LogP contribution in [0.1, 0.15) is 17.3 Å². The highest BCUT2D eigenvalue weighted by atomic mass is 16.1. The first kappa shape index (κ1) is 10.7. The van der Waals surface area contributed by atoms with Crippen LogP contribution >= 0.6 is 0 Å². The number of rotatable bonds is 5. The number of carbonyl (C=O) groups excluding carboxylic acids is 1. The second-order valence-electron chi connectivity index (χ2n) is 3.15. The van der Waals surface area contributed by atoms with Gasteiger partial charge < -0.3 is 5.32 Å². The molecule has 0 fully saturated rings. The maximum absolute atomic E-state index is 11.8. The van der Waals surface area contributed by atoms with Gasteiger partial charge in [0.25, 0.3) is 0 Å². The van der Waals surface area contributed by atoms with Crippen molar-refractivity contribution in [2.45, 2.75) is 13.0 Å². The SMILES string of the molecule is C=CCNC(C)C(=O)c1ccccc1. The van der Waals surface area contributed by atoms with E-state index in [0.717, 1.165) is 5.56 Å². The van der Waals surface area contributed by atoms with Gasteiger partial charge in [0.05, 0.1) is 6.04 Å². The molecule has 0 spiro atoms. The molecule has 1 unspecified atom stereocenters. The third-order valence-electron chi connectivity index (χ3n) is 2.02. The first-order valence-electron chi connectivity index (χ1n) is 4.69. The van der Waals surface area contributed by atoms with Crippen LogP contribution in [0, 0.1) is 0 Å². The normalized spacial score (nSPS) is 12.1. The number of hydrogen-bond acceptors (Lipinski definition) is 2. The highest BCUT2D eigenvalue weighted by molar-refractivity contribution is 5.99. The van der Waals surface area contributed by atoms with Crippen LogP contribution in [-0.2, 0) is 0 Å². The molecule has 1 rings (SSSR count). The average molecular weight is 189 g/mol. The van der Waals surface area contributed by atoms with Gasteiger partial charge in [0, 0.05) is 12.1 Å². The van der Waals surface area contributed by atoms with Gasteiger partial charge in [0.1, 0.15) is 0 Å². The molecule has 2 nitrogen and oxygen atoms in total. The summed E-state index contributed by atoms with van der Waals surface area (Å²) in [6.45, 7) is 6.10. The predicted octanol–water partition coefficient (Wildman–Crippen LogP) is 2.03. The quantitative estimate of drug-likeness (QED) is 0.567. The molecule has 0 radical (unpaired) electrons. The fourth-order valence-electron chi connectivity index (χ4n) is 1.21. The summed E-state index contributed by atoms with van der Waals surface area (Å²) in [4.78, 5) is 11.8. The van der Waals surface area contributed by atoms with Crippen molar-refractivity contribution in [3.05, 3.63) is 48.6 Å². The van der Waals surface area contributed by atoms with Crippen molar-refractivity contribution in [3.8, 4) is 0 Å². The van der Waals surface area contributed by atoms with E-state index in [4.69, 9.17) is 0 Å². The lowest BCUT2D eigenvalue weighted by Gasteiger charge is -2.10.